The lowest BCUT2D eigenvalue weighted by Crippen LogP contribution is -2.27. The lowest BCUT2D eigenvalue weighted by atomic mass is 10.1. The van der Waals surface area contributed by atoms with E-state index in [0.29, 0.717) is 18.0 Å². The number of aryl methyl sites for hydroxylation is 1. The van der Waals surface area contributed by atoms with E-state index in [4.69, 9.17) is 11.6 Å². The molecular formula is C22H21ClN2O3S. The van der Waals surface area contributed by atoms with Gasteiger partial charge in [-0.15, -0.1) is 0 Å². The van der Waals surface area contributed by atoms with Gasteiger partial charge >= 0.3 is 0 Å². The molecule has 0 unspecified atom stereocenters. The van der Waals surface area contributed by atoms with Gasteiger partial charge in [0.15, 0.2) is 0 Å². The average Bonchev–Trinajstić information content (AvgIpc) is 2.70. The molecule has 29 heavy (non-hydrogen) atoms. The van der Waals surface area contributed by atoms with Crippen molar-refractivity contribution in [2.24, 2.45) is 0 Å². The molecule has 0 atom stereocenters. The standard InChI is InChI=1S/C22H21ClN2O3S/c1-16-7-10-19(11-8-16)29(27,28)25-21-12-9-18(23)15-20(21)22(26)24-14-13-17-5-3-2-4-6-17/h2-12,15,25H,13-14H2,1H3,(H,24,26). The Labute approximate surface area is 175 Å². The number of halogens is 1. The maximum atomic E-state index is 12.7. The van der Waals surface area contributed by atoms with Gasteiger partial charge < -0.3 is 5.32 Å². The number of hydrogen-bond donors (Lipinski definition) is 2. The Balaban J connectivity index is 1.76. The number of nitrogens with one attached hydrogen (secondary N) is 2. The summed E-state index contributed by atoms with van der Waals surface area (Å²) >= 11 is 6.04. The van der Waals surface area contributed by atoms with Crippen molar-refractivity contribution in [3.63, 3.8) is 0 Å². The van der Waals surface area contributed by atoms with Crippen LogP contribution in [-0.2, 0) is 16.4 Å². The second kappa shape index (κ2) is 9.11. The highest BCUT2D eigenvalue weighted by Gasteiger charge is 2.19. The zero-order chi connectivity index (χ0) is 20.9. The molecule has 5 nitrogen and oxygen atoms in total. The van der Waals surface area contributed by atoms with Gasteiger partial charge in [0.05, 0.1) is 16.1 Å². The third kappa shape index (κ3) is 5.59. The topological polar surface area (TPSA) is 75.3 Å². The molecule has 2 N–H and O–H groups in total. The number of sulfonamides is 1. The van der Waals surface area contributed by atoms with Crippen LogP contribution in [0.4, 0.5) is 5.69 Å². The van der Waals surface area contributed by atoms with E-state index in [1.54, 1.807) is 12.1 Å². The average molecular weight is 429 g/mol. The third-order valence-corrected chi connectivity index (χ3v) is 5.96. The Morgan fingerprint density at radius 1 is 0.966 bits per heavy atom. The highest BCUT2D eigenvalue weighted by Crippen LogP contribution is 2.24. The lowest BCUT2D eigenvalue weighted by Gasteiger charge is -2.13. The first-order valence-corrected chi connectivity index (χ1v) is 10.9. The molecule has 0 fully saturated rings. The van der Waals surface area contributed by atoms with Crippen LogP contribution in [0.25, 0.3) is 0 Å². The summed E-state index contributed by atoms with van der Waals surface area (Å²) in [6, 6.07) is 20.7. The molecule has 7 heteroatoms. The van der Waals surface area contributed by atoms with Crippen LogP contribution in [0, 0.1) is 6.92 Å². The van der Waals surface area contributed by atoms with E-state index in [1.807, 2.05) is 37.3 Å². The van der Waals surface area contributed by atoms with E-state index >= 15 is 0 Å². The summed E-state index contributed by atoms with van der Waals surface area (Å²) in [6.45, 7) is 2.29. The second-order valence-electron chi connectivity index (χ2n) is 6.60. The molecule has 0 saturated carbocycles. The summed E-state index contributed by atoms with van der Waals surface area (Å²) in [5.41, 5.74) is 2.39. The molecule has 1 amide bonds. The van der Waals surface area contributed by atoms with Crippen molar-refractivity contribution in [3.05, 3.63) is 94.5 Å². The zero-order valence-electron chi connectivity index (χ0n) is 15.9. The summed E-state index contributed by atoms with van der Waals surface area (Å²) in [6.07, 6.45) is 0.664. The number of rotatable bonds is 7. The van der Waals surface area contributed by atoms with Gasteiger partial charge in [0.25, 0.3) is 15.9 Å². The highest BCUT2D eigenvalue weighted by atomic mass is 35.5. The van der Waals surface area contributed by atoms with Gasteiger partial charge in [-0.05, 0) is 49.2 Å². The Morgan fingerprint density at radius 3 is 2.34 bits per heavy atom. The van der Waals surface area contributed by atoms with Crippen molar-refractivity contribution in [2.75, 3.05) is 11.3 Å². The zero-order valence-corrected chi connectivity index (χ0v) is 17.4. The molecule has 0 saturated heterocycles. The molecule has 0 aromatic heterocycles. The van der Waals surface area contributed by atoms with Crippen molar-refractivity contribution in [1.29, 1.82) is 0 Å². The summed E-state index contributed by atoms with van der Waals surface area (Å²) < 4.78 is 27.9. The van der Waals surface area contributed by atoms with Crippen LogP contribution in [0.5, 0.6) is 0 Å². The molecule has 3 aromatic rings. The Bertz CT molecular complexity index is 1100. The minimum Gasteiger partial charge on any atom is -0.352 e. The van der Waals surface area contributed by atoms with Gasteiger partial charge in [-0.1, -0.05) is 59.6 Å². The van der Waals surface area contributed by atoms with Crippen LogP contribution in [0.3, 0.4) is 0 Å². The molecule has 0 aliphatic carbocycles. The monoisotopic (exact) mass is 428 g/mol. The van der Waals surface area contributed by atoms with Gasteiger partial charge in [-0.3, -0.25) is 9.52 Å². The molecule has 0 heterocycles. The number of amides is 1. The van der Waals surface area contributed by atoms with E-state index in [9.17, 15) is 13.2 Å². The number of benzene rings is 3. The number of hydrogen-bond acceptors (Lipinski definition) is 3. The highest BCUT2D eigenvalue weighted by molar-refractivity contribution is 7.92. The summed E-state index contributed by atoms with van der Waals surface area (Å²) in [4.78, 5) is 12.8. The van der Waals surface area contributed by atoms with Gasteiger partial charge in [0, 0.05) is 11.6 Å². The predicted molar refractivity (Wildman–Crippen MR) is 116 cm³/mol. The maximum absolute atomic E-state index is 12.7. The van der Waals surface area contributed by atoms with E-state index < -0.39 is 15.9 Å². The van der Waals surface area contributed by atoms with Crippen molar-refractivity contribution in [3.8, 4) is 0 Å². The molecule has 0 spiro atoms. The Kier molecular flexibility index (Phi) is 6.56. The number of carbonyl (C=O) groups excluding carboxylic acids is 1. The minimum atomic E-state index is -3.84. The summed E-state index contributed by atoms with van der Waals surface area (Å²) in [5, 5.41) is 3.16. The maximum Gasteiger partial charge on any atom is 0.261 e. The Morgan fingerprint density at radius 2 is 1.66 bits per heavy atom. The van der Waals surface area contributed by atoms with Crippen LogP contribution >= 0.6 is 11.6 Å². The predicted octanol–water partition coefficient (Wildman–Crippen LogP) is 4.42. The largest absolute Gasteiger partial charge is 0.352 e. The van der Waals surface area contributed by atoms with Crippen molar-refractivity contribution in [2.45, 2.75) is 18.2 Å². The van der Waals surface area contributed by atoms with Crippen LogP contribution in [0.15, 0.2) is 77.7 Å². The van der Waals surface area contributed by atoms with E-state index in [1.165, 1.54) is 30.3 Å². The van der Waals surface area contributed by atoms with Crippen molar-refractivity contribution < 1.29 is 13.2 Å². The molecule has 3 rings (SSSR count). The Hall–Kier alpha value is -2.83. The fourth-order valence-corrected chi connectivity index (χ4v) is 4.03. The van der Waals surface area contributed by atoms with Crippen molar-refractivity contribution in [1.82, 2.24) is 5.32 Å². The fourth-order valence-electron chi connectivity index (χ4n) is 2.77. The van der Waals surface area contributed by atoms with Crippen LogP contribution in [-0.4, -0.2) is 20.9 Å². The van der Waals surface area contributed by atoms with Gasteiger partial charge in [0.2, 0.25) is 0 Å². The first-order chi connectivity index (χ1) is 13.8. The first kappa shape index (κ1) is 20.9. The summed E-state index contributed by atoms with van der Waals surface area (Å²) in [5.74, 6) is -0.398. The van der Waals surface area contributed by atoms with Crippen LogP contribution in [0.1, 0.15) is 21.5 Å². The molecule has 0 aliphatic rings. The van der Waals surface area contributed by atoms with Gasteiger partial charge in [0.1, 0.15) is 0 Å². The molecule has 0 bridgehead atoms. The smallest absolute Gasteiger partial charge is 0.261 e. The third-order valence-electron chi connectivity index (χ3n) is 4.34. The SMILES string of the molecule is Cc1ccc(S(=O)(=O)Nc2ccc(Cl)cc2C(=O)NCCc2ccccc2)cc1. The first-order valence-electron chi connectivity index (χ1n) is 9.06. The molecule has 0 radical (unpaired) electrons. The summed E-state index contributed by atoms with van der Waals surface area (Å²) in [7, 11) is -3.84. The normalized spacial score (nSPS) is 11.1. The van der Waals surface area contributed by atoms with E-state index in [-0.39, 0.29) is 16.1 Å². The number of carbonyl (C=O) groups is 1. The molecular weight excluding hydrogens is 408 g/mol. The molecule has 3 aromatic carbocycles. The van der Waals surface area contributed by atoms with Crippen molar-refractivity contribution >= 4 is 33.2 Å². The van der Waals surface area contributed by atoms with Gasteiger partial charge in [-0.2, -0.15) is 0 Å². The van der Waals surface area contributed by atoms with E-state index in [0.717, 1.165) is 11.1 Å². The minimum absolute atomic E-state index is 0.119. The lowest BCUT2D eigenvalue weighted by molar-refractivity contribution is 0.0955. The number of anilines is 1. The van der Waals surface area contributed by atoms with Crippen LogP contribution < -0.4 is 10.0 Å². The molecule has 0 aliphatic heterocycles. The van der Waals surface area contributed by atoms with Gasteiger partial charge in [-0.25, -0.2) is 8.42 Å². The quantitative estimate of drug-likeness (QED) is 0.584. The fraction of sp³-hybridized carbons (Fsp3) is 0.136. The molecule has 150 valence electrons. The van der Waals surface area contributed by atoms with E-state index in [2.05, 4.69) is 10.0 Å². The second-order valence-corrected chi connectivity index (χ2v) is 8.72. The van der Waals surface area contributed by atoms with Crippen LogP contribution in [0.2, 0.25) is 5.02 Å².